The predicted octanol–water partition coefficient (Wildman–Crippen LogP) is 1.44. The smallest absolute Gasteiger partial charge is 0.187 e. The molecule has 0 aromatic rings. The lowest BCUT2D eigenvalue weighted by molar-refractivity contribution is -0.352. The van der Waals surface area contributed by atoms with Crippen molar-refractivity contribution < 1.29 is 64.2 Å². The lowest BCUT2D eigenvalue weighted by atomic mass is 9.44. The van der Waals surface area contributed by atoms with Gasteiger partial charge in [-0.2, -0.15) is 0 Å². The maximum absolute atomic E-state index is 12.1. The monoisotopic (exact) mass is 740 g/mol. The van der Waals surface area contributed by atoms with Crippen molar-refractivity contribution in [2.45, 2.75) is 178 Å². The number of hydrogen-bond acceptors (Lipinski definition) is 13. The summed E-state index contributed by atoms with van der Waals surface area (Å²) in [5.41, 5.74) is -0.212. The molecular formula is C39H64O13. The molecule has 0 aromatic heterocycles. The van der Waals surface area contributed by atoms with Crippen LogP contribution in [0.2, 0.25) is 0 Å². The third-order valence-corrected chi connectivity index (χ3v) is 16.1. The fourth-order valence-corrected chi connectivity index (χ4v) is 13.2. The summed E-state index contributed by atoms with van der Waals surface area (Å²) in [5, 5.41) is 76.5. The van der Waals surface area contributed by atoms with E-state index in [0.29, 0.717) is 37.2 Å². The molecule has 8 fully saturated rings. The van der Waals surface area contributed by atoms with Crippen LogP contribution in [0.5, 0.6) is 0 Å². The Hall–Kier alpha value is -0.520. The van der Waals surface area contributed by atoms with Crippen LogP contribution in [0.3, 0.4) is 0 Å². The first kappa shape index (κ1) is 38.4. The third-order valence-electron chi connectivity index (χ3n) is 16.1. The zero-order valence-corrected chi connectivity index (χ0v) is 31.4. The molecular weight excluding hydrogens is 676 g/mol. The second-order valence-electron chi connectivity index (χ2n) is 18.8. The molecule has 13 nitrogen and oxygen atoms in total. The van der Waals surface area contributed by atoms with E-state index < -0.39 is 86.0 Å². The van der Waals surface area contributed by atoms with Crippen LogP contribution in [0.25, 0.3) is 0 Å². The lowest BCUT2D eigenvalue weighted by Crippen LogP contribution is -2.63. The number of aliphatic hydroxyl groups is 7. The molecule has 13 heteroatoms. The van der Waals surface area contributed by atoms with Crippen LogP contribution in [0, 0.1) is 52.3 Å². The number of hydrogen-bond donors (Lipinski definition) is 7. The number of rotatable bonds is 5. The van der Waals surface area contributed by atoms with Gasteiger partial charge in [0.25, 0.3) is 0 Å². The molecule has 0 amide bonds. The topological polar surface area (TPSA) is 197 Å². The molecule has 0 aromatic carbocycles. The zero-order chi connectivity index (χ0) is 37.1. The van der Waals surface area contributed by atoms with Gasteiger partial charge in [-0.05, 0) is 92.3 Å². The molecule has 1 spiro atoms. The molecule has 7 N–H and O–H groups in total. The molecule has 0 bridgehead atoms. The van der Waals surface area contributed by atoms with Crippen LogP contribution in [0.15, 0.2) is 0 Å². The van der Waals surface area contributed by atoms with Gasteiger partial charge in [0, 0.05) is 24.7 Å². The number of ether oxygens (including phenoxy) is 6. The second kappa shape index (κ2) is 13.8. The molecule has 23 atom stereocenters. The van der Waals surface area contributed by atoms with Crippen molar-refractivity contribution in [2.24, 2.45) is 52.3 Å². The molecule has 8 aliphatic rings. The highest BCUT2D eigenvalue weighted by Crippen LogP contribution is 2.71. The first-order valence-corrected chi connectivity index (χ1v) is 20.2. The molecule has 4 aliphatic carbocycles. The van der Waals surface area contributed by atoms with Crippen molar-refractivity contribution in [1.29, 1.82) is 0 Å². The molecule has 298 valence electrons. The average Bonchev–Trinajstić information content (AvgIpc) is 3.51. The van der Waals surface area contributed by atoms with Crippen molar-refractivity contribution in [3.63, 3.8) is 0 Å². The van der Waals surface area contributed by atoms with Gasteiger partial charge in [0.2, 0.25) is 0 Å². The van der Waals surface area contributed by atoms with Crippen molar-refractivity contribution in [3.05, 3.63) is 0 Å². The Labute approximate surface area is 307 Å². The Morgan fingerprint density at radius 2 is 1.52 bits per heavy atom. The SMILES string of the molecule is C[C@@H]1CC[C@@]2(OC1)O[C@H]1[C@@H](O)[C@H]3[C@@H]4CC[C@H]5C[C@@H](O[C@@H]6O[C@H](CO)[C@H](O[C@H]7C[C@@H](O)[C@H](O)[C@@H](C)O7)[C@H](O)[C@H]6O)[C@H](O)C[C@]5(C)[C@H]4CC[C@]3(C)[C@H]1[C@@H]2C. The minimum Gasteiger partial charge on any atom is -0.394 e. The zero-order valence-electron chi connectivity index (χ0n) is 31.4. The van der Waals surface area contributed by atoms with E-state index >= 15 is 0 Å². The van der Waals surface area contributed by atoms with Gasteiger partial charge in [0.05, 0.1) is 49.8 Å². The van der Waals surface area contributed by atoms with E-state index in [1.54, 1.807) is 6.92 Å². The van der Waals surface area contributed by atoms with Gasteiger partial charge in [-0.15, -0.1) is 0 Å². The average molecular weight is 741 g/mol. The first-order valence-electron chi connectivity index (χ1n) is 20.2. The summed E-state index contributed by atoms with van der Waals surface area (Å²) in [7, 11) is 0. The van der Waals surface area contributed by atoms with E-state index in [1.807, 2.05) is 0 Å². The van der Waals surface area contributed by atoms with Crippen molar-refractivity contribution in [3.8, 4) is 0 Å². The first-order chi connectivity index (χ1) is 24.6. The molecule has 8 rings (SSSR count). The minimum absolute atomic E-state index is 0.0503. The Bertz CT molecular complexity index is 1270. The van der Waals surface area contributed by atoms with Gasteiger partial charge >= 0.3 is 0 Å². The van der Waals surface area contributed by atoms with Gasteiger partial charge in [0.1, 0.15) is 30.5 Å². The molecule has 0 radical (unpaired) electrons. The molecule has 4 saturated carbocycles. The number of aliphatic hydroxyl groups excluding tert-OH is 7. The minimum atomic E-state index is -1.54. The maximum atomic E-state index is 12.1. The highest BCUT2D eigenvalue weighted by molar-refractivity contribution is 5.19. The number of fused-ring (bicyclic) bond motifs is 7. The lowest BCUT2D eigenvalue weighted by Gasteiger charge is -2.62. The Morgan fingerprint density at radius 1 is 0.750 bits per heavy atom. The fraction of sp³-hybridized carbons (Fsp3) is 1.00. The van der Waals surface area contributed by atoms with Gasteiger partial charge in [-0.3, -0.25) is 0 Å². The summed E-state index contributed by atoms with van der Waals surface area (Å²) < 4.78 is 37.0. The van der Waals surface area contributed by atoms with Crippen molar-refractivity contribution >= 4 is 0 Å². The standard InChI is InChI=1S/C39H64O13/c1-17-8-11-39(47-16-17)18(2)28-35(52-39)31(44)29-21-7-6-20-12-25(24(42)14-38(20,5)22(21)9-10-37(28,29)4)49-36-33(46)32(45)34(26(15-40)50-36)51-27-13-23(41)30(43)19(3)48-27/h17-36,40-46H,6-16H2,1-5H3/t17-,18+,19-,20+,21-,22+,23-,24-,25-,26-,27+,28+,29-,30-,31+,32-,33-,34+,35-,36-,37-,38+,39-/m1/s1. The highest BCUT2D eigenvalue weighted by Gasteiger charge is 2.72. The van der Waals surface area contributed by atoms with E-state index in [-0.39, 0.29) is 47.0 Å². The summed E-state index contributed by atoms with van der Waals surface area (Å²) in [4.78, 5) is 0. The van der Waals surface area contributed by atoms with Crippen molar-refractivity contribution in [2.75, 3.05) is 13.2 Å². The Morgan fingerprint density at radius 3 is 2.21 bits per heavy atom. The van der Waals surface area contributed by atoms with Gasteiger partial charge in [0.15, 0.2) is 18.4 Å². The van der Waals surface area contributed by atoms with Crippen LogP contribution >= 0.6 is 0 Å². The summed E-state index contributed by atoms with van der Waals surface area (Å²) >= 11 is 0. The van der Waals surface area contributed by atoms with Crippen LogP contribution < -0.4 is 0 Å². The summed E-state index contributed by atoms with van der Waals surface area (Å²) in [6, 6.07) is 0. The quantitative estimate of drug-likeness (QED) is 0.200. The van der Waals surface area contributed by atoms with Gasteiger partial charge in [-0.1, -0.05) is 27.7 Å². The molecule has 52 heavy (non-hydrogen) atoms. The largest absolute Gasteiger partial charge is 0.394 e. The highest BCUT2D eigenvalue weighted by atomic mass is 16.7. The second-order valence-corrected chi connectivity index (χ2v) is 18.8. The van der Waals surface area contributed by atoms with E-state index in [9.17, 15) is 35.7 Å². The Balaban J connectivity index is 0.925. The maximum Gasteiger partial charge on any atom is 0.187 e. The van der Waals surface area contributed by atoms with Crippen LogP contribution in [0.1, 0.15) is 92.4 Å². The summed E-state index contributed by atoms with van der Waals surface area (Å²) in [5.74, 6) is 1.42. The van der Waals surface area contributed by atoms with E-state index in [2.05, 4.69) is 27.7 Å². The Kier molecular flexibility index (Phi) is 10.2. The predicted molar refractivity (Wildman–Crippen MR) is 183 cm³/mol. The van der Waals surface area contributed by atoms with E-state index in [1.165, 1.54) is 0 Å². The van der Waals surface area contributed by atoms with E-state index in [4.69, 9.17) is 28.4 Å². The summed E-state index contributed by atoms with van der Waals surface area (Å²) in [6.07, 6.45) is -5.81. The molecule has 4 aliphatic heterocycles. The van der Waals surface area contributed by atoms with Crippen molar-refractivity contribution in [1.82, 2.24) is 0 Å². The molecule has 0 unspecified atom stereocenters. The van der Waals surface area contributed by atoms with Crippen LogP contribution in [0.4, 0.5) is 0 Å². The molecule has 4 heterocycles. The molecule has 4 saturated heterocycles. The normalized spacial score (nSPS) is 60.5. The third kappa shape index (κ3) is 5.89. The van der Waals surface area contributed by atoms with Crippen LogP contribution in [-0.4, -0.2) is 134 Å². The van der Waals surface area contributed by atoms with Gasteiger partial charge in [-0.25, -0.2) is 0 Å². The van der Waals surface area contributed by atoms with Gasteiger partial charge < -0.3 is 64.2 Å². The summed E-state index contributed by atoms with van der Waals surface area (Å²) in [6.45, 7) is 11.0. The fourth-order valence-electron chi connectivity index (χ4n) is 13.2. The van der Waals surface area contributed by atoms with Crippen LogP contribution in [-0.2, 0) is 28.4 Å². The van der Waals surface area contributed by atoms with E-state index in [0.717, 1.165) is 38.5 Å².